The van der Waals surface area contributed by atoms with Gasteiger partial charge >= 0.3 is 0 Å². The summed E-state index contributed by atoms with van der Waals surface area (Å²) in [6.45, 7) is 4.03. The topological polar surface area (TPSA) is 86.0 Å². The van der Waals surface area contributed by atoms with Crippen molar-refractivity contribution in [2.24, 2.45) is 0 Å². The zero-order valence-electron chi connectivity index (χ0n) is 14.4. The predicted octanol–water partition coefficient (Wildman–Crippen LogP) is 3.31. The van der Waals surface area contributed by atoms with Crippen LogP contribution in [0.3, 0.4) is 0 Å². The number of rotatable bonds is 4. The summed E-state index contributed by atoms with van der Waals surface area (Å²) >= 11 is 5.93. The molecule has 0 spiro atoms. The molecule has 0 radical (unpaired) electrons. The van der Waals surface area contributed by atoms with Crippen LogP contribution < -0.4 is 16.2 Å². The normalized spacial score (nSPS) is 10.6. The van der Waals surface area contributed by atoms with Crippen LogP contribution in [0.25, 0.3) is 10.9 Å². The molecular weight excluding hydrogens is 352 g/mol. The number of aromatic nitrogens is 1. The number of benzene rings is 2. The Kier molecular flexibility index (Phi) is 5.14. The number of hydrogen-bond acceptors (Lipinski definition) is 3. The maximum atomic E-state index is 12.2. The van der Waals surface area contributed by atoms with Crippen LogP contribution >= 0.6 is 11.6 Å². The highest BCUT2D eigenvalue weighted by Gasteiger charge is 2.11. The van der Waals surface area contributed by atoms with Crippen LogP contribution in [0, 0.1) is 13.8 Å². The molecule has 0 aliphatic carbocycles. The first-order valence-corrected chi connectivity index (χ1v) is 8.49. The molecule has 0 atom stereocenters. The van der Waals surface area contributed by atoms with Crippen molar-refractivity contribution in [3.63, 3.8) is 0 Å². The van der Waals surface area contributed by atoms with Gasteiger partial charge in [0.2, 0.25) is 0 Å². The lowest BCUT2D eigenvalue weighted by Gasteiger charge is -2.11. The Morgan fingerprint density at radius 3 is 2.62 bits per heavy atom. The Hall–Kier alpha value is -2.99. The minimum atomic E-state index is -0.433. The number of amides is 2. The molecule has 1 aromatic heterocycles. The molecule has 0 fully saturated rings. The van der Waals surface area contributed by atoms with Crippen LogP contribution in [-0.4, -0.2) is 23.3 Å². The van der Waals surface area contributed by atoms with Crippen LogP contribution in [0.1, 0.15) is 21.6 Å². The Balaban J connectivity index is 1.54. The van der Waals surface area contributed by atoms with Crippen molar-refractivity contribution >= 4 is 40.0 Å². The molecule has 4 N–H and O–H groups in total. The van der Waals surface area contributed by atoms with E-state index in [0.29, 0.717) is 10.7 Å². The molecule has 6 nitrogen and oxygen atoms in total. The summed E-state index contributed by atoms with van der Waals surface area (Å²) in [7, 11) is 0. The van der Waals surface area contributed by atoms with E-state index >= 15 is 0 Å². The molecule has 0 aliphatic rings. The van der Waals surface area contributed by atoms with Crippen molar-refractivity contribution in [1.29, 1.82) is 0 Å². The van der Waals surface area contributed by atoms with Gasteiger partial charge < -0.3 is 10.3 Å². The second-order valence-corrected chi connectivity index (χ2v) is 6.53. The fourth-order valence-corrected chi connectivity index (χ4v) is 2.82. The maximum absolute atomic E-state index is 12.2. The van der Waals surface area contributed by atoms with E-state index < -0.39 is 5.91 Å². The number of hydrazine groups is 1. The van der Waals surface area contributed by atoms with E-state index in [1.165, 1.54) is 0 Å². The first-order chi connectivity index (χ1) is 12.4. The summed E-state index contributed by atoms with van der Waals surface area (Å²) in [5.41, 5.74) is 8.97. The van der Waals surface area contributed by atoms with Gasteiger partial charge in [0.15, 0.2) is 0 Å². The van der Waals surface area contributed by atoms with Gasteiger partial charge in [-0.25, -0.2) is 0 Å². The van der Waals surface area contributed by atoms with Gasteiger partial charge in [0, 0.05) is 21.6 Å². The summed E-state index contributed by atoms with van der Waals surface area (Å²) in [6.07, 6.45) is 0. The minimum absolute atomic E-state index is 0.0481. The predicted molar refractivity (Wildman–Crippen MR) is 103 cm³/mol. The molecule has 7 heteroatoms. The van der Waals surface area contributed by atoms with E-state index in [9.17, 15) is 9.59 Å². The largest absolute Gasteiger partial charge is 0.376 e. The van der Waals surface area contributed by atoms with Crippen molar-refractivity contribution in [3.8, 4) is 0 Å². The van der Waals surface area contributed by atoms with E-state index in [1.807, 2.05) is 38.1 Å². The molecule has 0 saturated heterocycles. The van der Waals surface area contributed by atoms with Gasteiger partial charge in [-0.1, -0.05) is 35.4 Å². The van der Waals surface area contributed by atoms with Gasteiger partial charge in [0.25, 0.3) is 11.8 Å². The molecular formula is C19H19ClN4O2. The van der Waals surface area contributed by atoms with Gasteiger partial charge in [-0.15, -0.1) is 0 Å². The van der Waals surface area contributed by atoms with Crippen molar-refractivity contribution in [3.05, 3.63) is 64.3 Å². The van der Waals surface area contributed by atoms with Gasteiger partial charge in [-0.05, 0) is 43.7 Å². The Bertz CT molecular complexity index is 981. The molecule has 3 aromatic rings. The van der Waals surface area contributed by atoms with E-state index in [-0.39, 0.29) is 12.5 Å². The third-order valence-electron chi connectivity index (χ3n) is 3.97. The summed E-state index contributed by atoms with van der Waals surface area (Å²) < 4.78 is 0. The number of halogens is 1. The van der Waals surface area contributed by atoms with Crippen LogP contribution in [0.4, 0.5) is 5.69 Å². The molecule has 0 unspecified atom stereocenters. The minimum Gasteiger partial charge on any atom is -0.376 e. The Morgan fingerprint density at radius 1 is 1.04 bits per heavy atom. The monoisotopic (exact) mass is 370 g/mol. The number of carbonyl (C=O) groups excluding carboxylic acids is 2. The SMILES string of the molecule is Cc1ccc(NCC(=O)NNC(=O)c2cc3ccc(Cl)cc3[nH]2)c(C)c1. The molecule has 3 rings (SSSR count). The van der Waals surface area contributed by atoms with Gasteiger partial charge in [0.1, 0.15) is 5.69 Å². The quantitative estimate of drug-likeness (QED) is 0.531. The second-order valence-electron chi connectivity index (χ2n) is 6.09. The second kappa shape index (κ2) is 7.49. The van der Waals surface area contributed by atoms with Crippen molar-refractivity contribution in [1.82, 2.24) is 15.8 Å². The number of anilines is 1. The highest BCUT2D eigenvalue weighted by molar-refractivity contribution is 6.31. The lowest BCUT2D eigenvalue weighted by Crippen LogP contribution is -2.44. The first kappa shape index (κ1) is 17.8. The van der Waals surface area contributed by atoms with E-state index in [4.69, 9.17) is 11.6 Å². The highest BCUT2D eigenvalue weighted by atomic mass is 35.5. The number of H-pyrrole nitrogens is 1. The molecule has 134 valence electrons. The van der Waals surface area contributed by atoms with Crippen molar-refractivity contribution in [2.75, 3.05) is 11.9 Å². The molecule has 26 heavy (non-hydrogen) atoms. The zero-order valence-corrected chi connectivity index (χ0v) is 15.2. The lowest BCUT2D eigenvalue weighted by molar-refractivity contribution is -0.120. The van der Waals surface area contributed by atoms with Gasteiger partial charge in [-0.2, -0.15) is 0 Å². The summed E-state index contributed by atoms with van der Waals surface area (Å²) in [5.74, 6) is -0.783. The van der Waals surface area contributed by atoms with Crippen LogP contribution in [-0.2, 0) is 4.79 Å². The lowest BCUT2D eigenvalue weighted by atomic mass is 10.1. The van der Waals surface area contributed by atoms with E-state index in [0.717, 1.165) is 27.7 Å². The van der Waals surface area contributed by atoms with Crippen molar-refractivity contribution in [2.45, 2.75) is 13.8 Å². The van der Waals surface area contributed by atoms with Gasteiger partial charge in [0.05, 0.1) is 6.54 Å². The average Bonchev–Trinajstić information content (AvgIpc) is 3.02. The summed E-state index contributed by atoms with van der Waals surface area (Å²) in [4.78, 5) is 27.1. The summed E-state index contributed by atoms with van der Waals surface area (Å²) in [5, 5.41) is 4.49. The van der Waals surface area contributed by atoms with Crippen molar-refractivity contribution < 1.29 is 9.59 Å². The average molecular weight is 371 g/mol. The molecule has 0 saturated carbocycles. The number of fused-ring (bicyclic) bond motifs is 1. The Morgan fingerprint density at radius 2 is 1.85 bits per heavy atom. The standard InChI is InChI=1S/C19H19ClN4O2/c1-11-3-6-15(12(2)7-11)21-10-18(25)23-24-19(26)17-8-13-4-5-14(20)9-16(13)22-17/h3-9,21-22H,10H2,1-2H3,(H,23,25)(H,24,26). The smallest absolute Gasteiger partial charge is 0.286 e. The fraction of sp³-hybridized carbons (Fsp3) is 0.158. The fourth-order valence-electron chi connectivity index (χ4n) is 2.65. The highest BCUT2D eigenvalue weighted by Crippen LogP contribution is 2.19. The first-order valence-electron chi connectivity index (χ1n) is 8.11. The van der Waals surface area contributed by atoms with E-state index in [1.54, 1.807) is 18.2 Å². The number of aryl methyl sites for hydroxylation is 2. The number of hydrogen-bond donors (Lipinski definition) is 4. The van der Waals surface area contributed by atoms with E-state index in [2.05, 4.69) is 21.2 Å². The van der Waals surface area contributed by atoms with Gasteiger partial charge in [-0.3, -0.25) is 20.4 Å². The number of nitrogens with one attached hydrogen (secondary N) is 4. The molecule has 0 aliphatic heterocycles. The number of aromatic amines is 1. The third kappa shape index (κ3) is 4.15. The van der Waals surface area contributed by atoms with Crippen LogP contribution in [0.15, 0.2) is 42.5 Å². The molecule has 2 aromatic carbocycles. The summed E-state index contributed by atoms with van der Waals surface area (Å²) in [6, 6.07) is 12.9. The maximum Gasteiger partial charge on any atom is 0.286 e. The Labute approximate surface area is 155 Å². The third-order valence-corrected chi connectivity index (χ3v) is 4.20. The van der Waals surface area contributed by atoms with Crippen LogP contribution in [0.2, 0.25) is 5.02 Å². The molecule has 0 bridgehead atoms. The molecule has 1 heterocycles. The molecule has 2 amide bonds. The zero-order chi connectivity index (χ0) is 18.7. The number of carbonyl (C=O) groups is 2. The van der Waals surface area contributed by atoms with Crippen LogP contribution in [0.5, 0.6) is 0 Å².